The molecule has 0 atom stereocenters. The molecule has 20 heavy (non-hydrogen) atoms. The van der Waals surface area contributed by atoms with E-state index in [1.54, 1.807) is 0 Å². The molecule has 0 aliphatic heterocycles. The van der Waals surface area contributed by atoms with Crippen molar-refractivity contribution in [3.05, 3.63) is 48.1 Å². The fraction of sp³-hybridized carbons (Fsp3) is 0.312. The average molecular weight is 267 g/mol. The summed E-state index contributed by atoms with van der Waals surface area (Å²) in [4.78, 5) is 4.58. The Balaban J connectivity index is 1.54. The molecule has 3 aromatic rings. The number of anilines is 1. The van der Waals surface area contributed by atoms with Crippen LogP contribution in [0.5, 0.6) is 0 Å². The van der Waals surface area contributed by atoms with Crippen LogP contribution in [0, 0.1) is 0 Å². The molecule has 0 spiro atoms. The van der Waals surface area contributed by atoms with Crippen molar-refractivity contribution in [2.75, 3.05) is 5.32 Å². The Morgan fingerprint density at radius 1 is 1.35 bits per heavy atom. The van der Waals surface area contributed by atoms with E-state index >= 15 is 0 Å². The Morgan fingerprint density at radius 2 is 2.25 bits per heavy atom. The molecule has 1 saturated carbocycles. The van der Waals surface area contributed by atoms with E-state index in [0.29, 0.717) is 5.92 Å². The molecule has 2 aromatic heterocycles. The standard InChI is InChI=1S/C16H17N3O/c1-19-7-6-11(10-19)9-17-13-4-5-15-14(8-13)18-16(20-15)12-2-3-12/h4-8,10,12,17H,2-3,9H2,1H3. The van der Waals surface area contributed by atoms with Crippen LogP contribution in [-0.2, 0) is 13.6 Å². The van der Waals surface area contributed by atoms with Gasteiger partial charge in [0.05, 0.1) is 0 Å². The number of aryl methyl sites for hydroxylation is 1. The molecule has 0 radical (unpaired) electrons. The Morgan fingerprint density at radius 3 is 3.00 bits per heavy atom. The number of rotatable bonds is 4. The van der Waals surface area contributed by atoms with Crippen LogP contribution in [0.2, 0.25) is 0 Å². The van der Waals surface area contributed by atoms with Gasteiger partial charge in [-0.25, -0.2) is 4.98 Å². The zero-order valence-corrected chi connectivity index (χ0v) is 11.5. The minimum Gasteiger partial charge on any atom is -0.440 e. The van der Waals surface area contributed by atoms with Crippen LogP contribution < -0.4 is 5.32 Å². The molecule has 1 fully saturated rings. The van der Waals surface area contributed by atoms with Crippen LogP contribution >= 0.6 is 0 Å². The van der Waals surface area contributed by atoms with Crippen molar-refractivity contribution in [3.63, 3.8) is 0 Å². The van der Waals surface area contributed by atoms with Gasteiger partial charge in [0.1, 0.15) is 5.52 Å². The van der Waals surface area contributed by atoms with Crippen molar-refractivity contribution < 1.29 is 4.42 Å². The smallest absolute Gasteiger partial charge is 0.198 e. The van der Waals surface area contributed by atoms with Gasteiger partial charge in [0.15, 0.2) is 11.5 Å². The van der Waals surface area contributed by atoms with Crippen LogP contribution in [-0.4, -0.2) is 9.55 Å². The summed E-state index contributed by atoms with van der Waals surface area (Å²) in [6, 6.07) is 8.23. The Kier molecular flexibility index (Phi) is 2.55. The third kappa shape index (κ3) is 2.18. The average Bonchev–Trinajstić information content (AvgIpc) is 3.08. The summed E-state index contributed by atoms with van der Waals surface area (Å²) in [6.07, 6.45) is 6.60. The molecule has 1 aliphatic carbocycles. The van der Waals surface area contributed by atoms with Crippen molar-refractivity contribution in [2.45, 2.75) is 25.3 Å². The number of hydrogen-bond donors (Lipinski definition) is 1. The van der Waals surface area contributed by atoms with Gasteiger partial charge in [-0.1, -0.05) is 0 Å². The van der Waals surface area contributed by atoms with Gasteiger partial charge in [0, 0.05) is 37.6 Å². The largest absolute Gasteiger partial charge is 0.440 e. The van der Waals surface area contributed by atoms with Gasteiger partial charge in [-0.05, 0) is 42.7 Å². The lowest BCUT2D eigenvalue weighted by Crippen LogP contribution is -1.98. The van der Waals surface area contributed by atoms with Gasteiger partial charge in [0.2, 0.25) is 0 Å². The topological polar surface area (TPSA) is 43.0 Å². The predicted molar refractivity (Wildman–Crippen MR) is 78.7 cm³/mol. The maximum Gasteiger partial charge on any atom is 0.198 e. The number of nitrogens with zero attached hydrogens (tertiary/aromatic N) is 2. The lowest BCUT2D eigenvalue weighted by Gasteiger charge is -2.04. The van der Waals surface area contributed by atoms with Gasteiger partial charge < -0.3 is 14.3 Å². The van der Waals surface area contributed by atoms with Crippen molar-refractivity contribution in [2.24, 2.45) is 7.05 Å². The summed E-state index contributed by atoms with van der Waals surface area (Å²) in [7, 11) is 2.03. The molecule has 2 heterocycles. The van der Waals surface area contributed by atoms with Gasteiger partial charge >= 0.3 is 0 Å². The molecule has 0 amide bonds. The molecule has 4 heteroatoms. The van der Waals surface area contributed by atoms with E-state index in [0.717, 1.165) is 29.2 Å². The summed E-state index contributed by atoms with van der Waals surface area (Å²) in [5.41, 5.74) is 4.19. The highest BCUT2D eigenvalue weighted by Crippen LogP contribution is 2.40. The first-order valence-corrected chi connectivity index (χ1v) is 7.03. The minimum absolute atomic E-state index is 0.558. The predicted octanol–water partition coefficient (Wildman–Crippen LogP) is 3.66. The lowest BCUT2D eigenvalue weighted by molar-refractivity contribution is 0.533. The molecule has 0 bridgehead atoms. The number of aromatic nitrogens is 2. The SMILES string of the molecule is Cn1ccc(CNc2ccc3oc(C4CC4)nc3c2)c1. The fourth-order valence-electron chi connectivity index (χ4n) is 2.43. The molecular weight excluding hydrogens is 250 g/mol. The molecule has 102 valence electrons. The lowest BCUT2D eigenvalue weighted by atomic mass is 10.2. The Labute approximate surface area is 117 Å². The van der Waals surface area contributed by atoms with Crippen LogP contribution in [0.25, 0.3) is 11.1 Å². The van der Waals surface area contributed by atoms with Crippen LogP contribution in [0.15, 0.2) is 41.1 Å². The van der Waals surface area contributed by atoms with Gasteiger partial charge in [-0.15, -0.1) is 0 Å². The van der Waals surface area contributed by atoms with E-state index in [1.165, 1.54) is 18.4 Å². The maximum absolute atomic E-state index is 5.77. The van der Waals surface area contributed by atoms with E-state index in [9.17, 15) is 0 Å². The van der Waals surface area contributed by atoms with Gasteiger partial charge in [-0.3, -0.25) is 0 Å². The van der Waals surface area contributed by atoms with E-state index < -0.39 is 0 Å². The van der Waals surface area contributed by atoms with Crippen LogP contribution in [0.3, 0.4) is 0 Å². The molecule has 1 N–H and O–H groups in total. The molecule has 4 nitrogen and oxygen atoms in total. The number of hydrogen-bond acceptors (Lipinski definition) is 3. The number of benzene rings is 1. The zero-order valence-electron chi connectivity index (χ0n) is 11.5. The first-order chi connectivity index (χ1) is 9.78. The van der Waals surface area contributed by atoms with E-state index in [-0.39, 0.29) is 0 Å². The molecule has 4 rings (SSSR count). The highest BCUT2D eigenvalue weighted by molar-refractivity contribution is 5.77. The molecule has 0 unspecified atom stereocenters. The van der Waals surface area contributed by atoms with Crippen LogP contribution in [0.4, 0.5) is 5.69 Å². The molecular formula is C16H17N3O. The van der Waals surface area contributed by atoms with E-state index in [4.69, 9.17) is 4.42 Å². The van der Waals surface area contributed by atoms with Crippen molar-refractivity contribution >= 4 is 16.8 Å². The molecule has 1 aromatic carbocycles. The highest BCUT2D eigenvalue weighted by atomic mass is 16.3. The third-order valence-electron chi connectivity index (χ3n) is 3.72. The minimum atomic E-state index is 0.558. The van der Waals surface area contributed by atoms with E-state index in [1.807, 2.05) is 19.2 Å². The molecule has 1 aliphatic rings. The normalized spacial score (nSPS) is 14.8. The van der Waals surface area contributed by atoms with Crippen molar-refractivity contribution in [1.29, 1.82) is 0 Å². The van der Waals surface area contributed by atoms with Crippen molar-refractivity contribution in [3.8, 4) is 0 Å². The summed E-state index contributed by atoms with van der Waals surface area (Å²) in [5, 5.41) is 3.43. The third-order valence-corrected chi connectivity index (χ3v) is 3.72. The number of oxazole rings is 1. The quantitative estimate of drug-likeness (QED) is 0.784. The summed E-state index contributed by atoms with van der Waals surface area (Å²) < 4.78 is 7.83. The summed E-state index contributed by atoms with van der Waals surface area (Å²) >= 11 is 0. The zero-order chi connectivity index (χ0) is 13.5. The number of nitrogens with one attached hydrogen (secondary N) is 1. The highest BCUT2D eigenvalue weighted by Gasteiger charge is 2.28. The second-order valence-corrected chi connectivity index (χ2v) is 5.55. The van der Waals surface area contributed by atoms with Crippen molar-refractivity contribution in [1.82, 2.24) is 9.55 Å². The molecule has 0 saturated heterocycles. The van der Waals surface area contributed by atoms with E-state index in [2.05, 4.69) is 39.4 Å². The van der Waals surface area contributed by atoms with Gasteiger partial charge in [-0.2, -0.15) is 0 Å². The second-order valence-electron chi connectivity index (χ2n) is 5.55. The summed E-state index contributed by atoms with van der Waals surface area (Å²) in [5.74, 6) is 1.46. The monoisotopic (exact) mass is 267 g/mol. The summed E-state index contributed by atoms with van der Waals surface area (Å²) in [6.45, 7) is 0.819. The maximum atomic E-state index is 5.77. The first-order valence-electron chi connectivity index (χ1n) is 7.03. The van der Waals surface area contributed by atoms with Gasteiger partial charge in [0.25, 0.3) is 0 Å². The second kappa shape index (κ2) is 4.40. The fourth-order valence-corrected chi connectivity index (χ4v) is 2.43. The van der Waals surface area contributed by atoms with Crippen LogP contribution in [0.1, 0.15) is 30.2 Å². The first kappa shape index (κ1) is 11.6. The Bertz CT molecular complexity index is 752. The number of fused-ring (bicyclic) bond motifs is 1. The Hall–Kier alpha value is -2.23.